The Balaban J connectivity index is 2.03. The Morgan fingerprint density at radius 3 is 2.43 bits per heavy atom. The molecule has 3 rings (SSSR count). The van der Waals surface area contributed by atoms with Crippen LogP contribution in [0.15, 0.2) is 59.4 Å². The molecule has 0 aliphatic heterocycles. The monoisotopic (exact) mass is 408 g/mol. The fourth-order valence-corrected chi connectivity index (χ4v) is 3.27. The quantitative estimate of drug-likeness (QED) is 0.591. The number of carbonyl (C=O) groups is 2. The summed E-state index contributed by atoms with van der Waals surface area (Å²) >= 11 is 0. The Kier molecular flexibility index (Phi) is 6.56. The van der Waals surface area contributed by atoms with Gasteiger partial charge in [-0.3, -0.25) is 9.59 Å². The minimum Gasteiger partial charge on any atom is -0.480 e. The van der Waals surface area contributed by atoms with Crippen molar-refractivity contribution in [1.29, 1.82) is 0 Å². The first kappa shape index (κ1) is 21.2. The Morgan fingerprint density at radius 1 is 1.10 bits per heavy atom. The van der Waals surface area contributed by atoms with Gasteiger partial charge in [-0.2, -0.15) is 4.68 Å². The summed E-state index contributed by atoms with van der Waals surface area (Å²) in [4.78, 5) is 37.9. The fraction of sp³-hybridized carbons (Fsp3) is 0.318. The van der Waals surface area contributed by atoms with Crippen molar-refractivity contribution in [2.75, 3.05) is 0 Å². The number of hydrogen-bond acceptors (Lipinski definition) is 5. The number of amides is 1. The highest BCUT2D eigenvalue weighted by molar-refractivity contribution is 5.86. The molecule has 0 aliphatic carbocycles. The Bertz CT molecular complexity index is 1100. The first-order chi connectivity index (χ1) is 14.4. The standard InChI is InChI=1S/C22H24N4O4/c1-3-14(2)19(22(29)30)23-20(27)18(13-15-9-5-4-6-10-15)26-21(28)16-11-7-8-12-17(16)24-25-26/h4-12,14,18-19H,3,13H2,1-2H3,(H,23,27)(H,29,30). The zero-order valence-electron chi connectivity index (χ0n) is 16.9. The molecule has 8 nitrogen and oxygen atoms in total. The van der Waals surface area contributed by atoms with Crippen LogP contribution in [0.3, 0.4) is 0 Å². The number of carbonyl (C=O) groups excluding carboxylic acids is 1. The second-order valence-electron chi connectivity index (χ2n) is 7.27. The molecule has 8 heteroatoms. The normalized spacial score (nSPS) is 14.1. The second kappa shape index (κ2) is 9.30. The zero-order chi connectivity index (χ0) is 21.7. The van der Waals surface area contributed by atoms with Gasteiger partial charge >= 0.3 is 5.97 Å². The van der Waals surface area contributed by atoms with Gasteiger partial charge in [0, 0.05) is 6.42 Å². The molecule has 0 spiro atoms. The van der Waals surface area contributed by atoms with Crippen molar-refractivity contribution in [3.8, 4) is 0 Å². The molecule has 0 saturated carbocycles. The van der Waals surface area contributed by atoms with Crippen LogP contribution in [-0.2, 0) is 16.0 Å². The van der Waals surface area contributed by atoms with E-state index in [-0.39, 0.29) is 12.3 Å². The molecule has 0 aliphatic rings. The van der Waals surface area contributed by atoms with Gasteiger partial charge < -0.3 is 10.4 Å². The number of carboxylic acids is 1. The molecule has 3 unspecified atom stereocenters. The highest BCUT2D eigenvalue weighted by Gasteiger charge is 2.31. The molecule has 30 heavy (non-hydrogen) atoms. The molecule has 0 bridgehead atoms. The molecule has 1 heterocycles. The van der Waals surface area contributed by atoms with Gasteiger partial charge in [0.15, 0.2) is 0 Å². The van der Waals surface area contributed by atoms with Gasteiger partial charge in [0.05, 0.1) is 5.39 Å². The van der Waals surface area contributed by atoms with Gasteiger partial charge in [-0.05, 0) is 23.6 Å². The number of aliphatic carboxylic acids is 1. The Hall–Kier alpha value is -3.55. The average molecular weight is 408 g/mol. The third kappa shape index (κ3) is 4.53. The van der Waals surface area contributed by atoms with Gasteiger partial charge in [-0.25, -0.2) is 4.79 Å². The lowest BCUT2D eigenvalue weighted by molar-refractivity contribution is -0.144. The number of fused-ring (bicyclic) bond motifs is 1. The Labute approximate surface area is 173 Å². The smallest absolute Gasteiger partial charge is 0.326 e. The van der Waals surface area contributed by atoms with E-state index in [4.69, 9.17) is 0 Å². The maximum absolute atomic E-state index is 13.2. The lowest BCUT2D eigenvalue weighted by atomic mass is 9.98. The molecule has 156 valence electrons. The van der Waals surface area contributed by atoms with E-state index in [0.717, 1.165) is 10.2 Å². The molecule has 0 saturated heterocycles. The summed E-state index contributed by atoms with van der Waals surface area (Å²) in [5, 5.41) is 20.5. The second-order valence-corrected chi connectivity index (χ2v) is 7.27. The number of carboxylic acid groups (broad SMARTS) is 1. The summed E-state index contributed by atoms with van der Waals surface area (Å²) in [6, 6.07) is 13.8. The summed E-state index contributed by atoms with van der Waals surface area (Å²) in [6.07, 6.45) is 0.753. The minimum absolute atomic E-state index is 0.173. The predicted molar refractivity (Wildman–Crippen MR) is 112 cm³/mol. The minimum atomic E-state index is -1.12. The number of aromatic nitrogens is 3. The molecule has 2 aromatic carbocycles. The number of hydrogen-bond donors (Lipinski definition) is 2. The third-order valence-electron chi connectivity index (χ3n) is 5.24. The van der Waals surface area contributed by atoms with Crippen LogP contribution in [-0.4, -0.2) is 38.0 Å². The number of nitrogens with zero attached hydrogens (tertiary/aromatic N) is 3. The van der Waals surface area contributed by atoms with Crippen LogP contribution in [0.1, 0.15) is 31.9 Å². The largest absolute Gasteiger partial charge is 0.480 e. The van der Waals surface area contributed by atoms with E-state index in [1.165, 1.54) is 0 Å². The van der Waals surface area contributed by atoms with Crippen LogP contribution >= 0.6 is 0 Å². The van der Waals surface area contributed by atoms with Gasteiger partial charge in [0.2, 0.25) is 5.91 Å². The van der Waals surface area contributed by atoms with Crippen molar-refractivity contribution in [3.05, 3.63) is 70.5 Å². The SMILES string of the molecule is CCC(C)C(NC(=O)C(Cc1ccccc1)n1nnc2ccccc2c1=O)C(=O)O. The van der Waals surface area contributed by atoms with E-state index in [9.17, 15) is 19.5 Å². The molecule has 3 atom stereocenters. The van der Waals surface area contributed by atoms with E-state index in [1.54, 1.807) is 31.2 Å². The van der Waals surface area contributed by atoms with Crippen molar-refractivity contribution in [3.63, 3.8) is 0 Å². The predicted octanol–water partition coefficient (Wildman–Crippen LogP) is 2.19. The molecule has 0 radical (unpaired) electrons. The molecule has 3 aromatic rings. The van der Waals surface area contributed by atoms with Gasteiger partial charge in [0.25, 0.3) is 5.56 Å². The molecular weight excluding hydrogens is 384 g/mol. The van der Waals surface area contributed by atoms with Gasteiger partial charge in [-0.15, -0.1) is 5.10 Å². The maximum atomic E-state index is 13.2. The summed E-state index contributed by atoms with van der Waals surface area (Å²) in [6.45, 7) is 3.61. The zero-order valence-corrected chi connectivity index (χ0v) is 16.9. The van der Waals surface area contributed by atoms with Gasteiger partial charge in [0.1, 0.15) is 17.6 Å². The third-order valence-corrected chi connectivity index (χ3v) is 5.24. The first-order valence-corrected chi connectivity index (χ1v) is 9.83. The first-order valence-electron chi connectivity index (χ1n) is 9.83. The highest BCUT2D eigenvalue weighted by atomic mass is 16.4. The average Bonchev–Trinajstić information content (AvgIpc) is 2.76. The van der Waals surface area contributed by atoms with Crippen LogP contribution in [0.2, 0.25) is 0 Å². The highest BCUT2D eigenvalue weighted by Crippen LogP contribution is 2.16. The van der Waals surface area contributed by atoms with Gasteiger partial charge in [-0.1, -0.05) is 67.9 Å². The van der Waals surface area contributed by atoms with E-state index in [2.05, 4.69) is 15.6 Å². The summed E-state index contributed by atoms with van der Waals surface area (Å²) < 4.78 is 1.04. The molecule has 1 amide bonds. The van der Waals surface area contributed by atoms with Crippen molar-refractivity contribution < 1.29 is 14.7 Å². The van der Waals surface area contributed by atoms with E-state index in [1.807, 2.05) is 37.3 Å². The van der Waals surface area contributed by atoms with Crippen LogP contribution < -0.4 is 10.9 Å². The number of benzene rings is 2. The van der Waals surface area contributed by atoms with Crippen LogP contribution in [0.4, 0.5) is 0 Å². The maximum Gasteiger partial charge on any atom is 0.326 e. The van der Waals surface area contributed by atoms with E-state index >= 15 is 0 Å². The molecule has 2 N–H and O–H groups in total. The number of rotatable bonds is 8. The van der Waals surface area contributed by atoms with Crippen LogP contribution in [0, 0.1) is 5.92 Å². The van der Waals surface area contributed by atoms with Crippen molar-refractivity contribution in [2.24, 2.45) is 5.92 Å². The van der Waals surface area contributed by atoms with E-state index in [0.29, 0.717) is 17.3 Å². The van der Waals surface area contributed by atoms with E-state index < -0.39 is 29.5 Å². The molecule has 0 fully saturated rings. The summed E-state index contributed by atoms with van der Waals surface area (Å²) in [5.74, 6) is -1.98. The number of nitrogens with one attached hydrogen (secondary N) is 1. The van der Waals surface area contributed by atoms with Crippen molar-refractivity contribution in [2.45, 2.75) is 38.8 Å². The topological polar surface area (TPSA) is 114 Å². The summed E-state index contributed by atoms with van der Waals surface area (Å²) in [7, 11) is 0. The van der Waals surface area contributed by atoms with Crippen molar-refractivity contribution in [1.82, 2.24) is 20.3 Å². The van der Waals surface area contributed by atoms with Crippen molar-refractivity contribution >= 4 is 22.8 Å². The lowest BCUT2D eigenvalue weighted by Gasteiger charge is -2.24. The molecular formula is C22H24N4O4. The summed E-state index contributed by atoms with van der Waals surface area (Å²) in [5.41, 5.74) is 0.794. The lowest BCUT2D eigenvalue weighted by Crippen LogP contribution is -2.49. The Morgan fingerprint density at radius 2 is 1.77 bits per heavy atom. The van der Waals surface area contributed by atoms with Crippen LogP contribution in [0.25, 0.3) is 10.9 Å². The molecule has 1 aromatic heterocycles. The fourth-order valence-electron chi connectivity index (χ4n) is 3.27. The van der Waals surface area contributed by atoms with Crippen LogP contribution in [0.5, 0.6) is 0 Å².